The van der Waals surface area contributed by atoms with Gasteiger partial charge in [0.15, 0.2) is 17.9 Å². The molecule has 6 N–H and O–H groups in total. The quantitative estimate of drug-likeness (QED) is 0.137. The molecule has 2 aromatic rings. The number of esters is 1. The number of ketones is 3. The van der Waals surface area contributed by atoms with Crippen molar-refractivity contribution in [2.24, 2.45) is 5.73 Å². The summed E-state index contributed by atoms with van der Waals surface area (Å²) >= 11 is 2.90. The van der Waals surface area contributed by atoms with E-state index in [2.05, 4.69) is 0 Å². The Morgan fingerprint density at radius 1 is 1.09 bits per heavy atom. The van der Waals surface area contributed by atoms with E-state index >= 15 is 0 Å². The Morgan fingerprint density at radius 2 is 1.78 bits per heavy atom. The molecule has 13 nitrogen and oxygen atoms in total. The van der Waals surface area contributed by atoms with Crippen LogP contribution in [0.1, 0.15) is 75.8 Å². The van der Waals surface area contributed by atoms with E-state index in [0.29, 0.717) is 0 Å². The minimum atomic E-state index is -2.05. The molecule has 6 atom stereocenters. The summed E-state index contributed by atoms with van der Waals surface area (Å²) in [6, 6.07) is 3.50. The van der Waals surface area contributed by atoms with Crippen LogP contribution in [0.25, 0.3) is 0 Å². The second-order valence-electron chi connectivity index (χ2n) is 11.7. The maximum Gasteiger partial charge on any atom is 0.332 e. The standard InChI is InChI=1S/C31H33NO12S2/c1-12-24(34)16(32)8-19(43-12)44-18-10-31(40,13(2)33)9-15-21(18)28(38)23-22(26(15)36)25(35)14-4-3-5-17(20(14)27(23)37)41-11-42-29(39)30-45-6-7-46-30/h3-5,12,16,18-19,24,30,34,36,38,40H,6-11,32H2,1-2H3/t12?,16?,18-,19?,24?,31-/m0/s1. The summed E-state index contributed by atoms with van der Waals surface area (Å²) in [6.07, 6.45) is -4.84. The van der Waals surface area contributed by atoms with Gasteiger partial charge in [0.25, 0.3) is 0 Å². The molecule has 46 heavy (non-hydrogen) atoms. The summed E-state index contributed by atoms with van der Waals surface area (Å²) in [5.74, 6) is -2.58. The molecule has 0 spiro atoms. The Hall–Kier alpha value is -3.18. The number of carbonyl (C=O) groups is 4. The zero-order valence-electron chi connectivity index (χ0n) is 24.9. The summed E-state index contributed by atoms with van der Waals surface area (Å²) in [4.78, 5) is 52.8. The number of rotatable bonds is 7. The predicted octanol–water partition coefficient (Wildman–Crippen LogP) is 1.71. The molecule has 2 heterocycles. The van der Waals surface area contributed by atoms with E-state index in [-0.39, 0.29) is 45.4 Å². The third-order valence-corrected chi connectivity index (χ3v) is 11.8. The molecule has 2 aliphatic heterocycles. The monoisotopic (exact) mass is 675 g/mol. The lowest BCUT2D eigenvalue weighted by Crippen LogP contribution is -2.52. The summed E-state index contributed by atoms with van der Waals surface area (Å²) in [7, 11) is 0. The largest absolute Gasteiger partial charge is 0.507 e. The van der Waals surface area contributed by atoms with Gasteiger partial charge in [-0.15, -0.1) is 23.5 Å². The highest BCUT2D eigenvalue weighted by Crippen LogP contribution is 2.52. The Labute approximate surface area is 271 Å². The maximum atomic E-state index is 14.1. The van der Waals surface area contributed by atoms with Crippen molar-refractivity contribution >= 4 is 46.8 Å². The van der Waals surface area contributed by atoms with Crippen LogP contribution in [0.3, 0.4) is 0 Å². The molecule has 0 radical (unpaired) electrons. The molecule has 2 aromatic carbocycles. The molecule has 6 rings (SSSR count). The first-order valence-electron chi connectivity index (χ1n) is 14.7. The van der Waals surface area contributed by atoms with Gasteiger partial charge in [-0.1, -0.05) is 12.1 Å². The first-order valence-corrected chi connectivity index (χ1v) is 16.8. The number of carbonyl (C=O) groups excluding carboxylic acids is 4. The van der Waals surface area contributed by atoms with Crippen LogP contribution in [0, 0.1) is 0 Å². The van der Waals surface area contributed by atoms with Crippen molar-refractivity contribution < 1.29 is 58.6 Å². The number of Topliss-reactive ketones (excluding diaryl/α,β-unsaturated/α-hetero) is 1. The van der Waals surface area contributed by atoms with Gasteiger partial charge in [0.2, 0.25) is 12.6 Å². The fourth-order valence-corrected chi connectivity index (χ4v) is 8.89. The second kappa shape index (κ2) is 12.4. The van der Waals surface area contributed by atoms with Crippen molar-refractivity contribution in [3.8, 4) is 17.2 Å². The molecule has 0 amide bonds. The summed E-state index contributed by atoms with van der Waals surface area (Å²) in [5.41, 5.74) is 2.45. The van der Waals surface area contributed by atoms with Crippen molar-refractivity contribution in [2.75, 3.05) is 18.3 Å². The van der Waals surface area contributed by atoms with Crippen LogP contribution in [0.15, 0.2) is 18.2 Å². The molecule has 4 aliphatic rings. The number of nitrogens with two attached hydrogens (primary N) is 1. The number of aromatic hydroxyl groups is 2. The molecule has 2 saturated heterocycles. The van der Waals surface area contributed by atoms with Crippen LogP contribution in [-0.4, -0.2) is 96.8 Å². The van der Waals surface area contributed by atoms with E-state index in [1.807, 2.05) is 0 Å². The third-order valence-electron chi connectivity index (χ3n) is 8.81. The number of aliphatic hydroxyl groups excluding tert-OH is 1. The molecule has 0 aromatic heterocycles. The number of thioether (sulfide) groups is 2. The SMILES string of the molecule is CC(=O)[C@]1(O)Cc2c(O)c3c(c(O)c2[C@@H](OC2CC(N)C(O)C(C)O2)C1)C(=O)c1c(OCOC(=O)C2SCCS2)cccc1C3=O. The number of fused-ring (bicyclic) bond motifs is 3. The summed E-state index contributed by atoms with van der Waals surface area (Å²) < 4.78 is 22.3. The van der Waals surface area contributed by atoms with Gasteiger partial charge in [0.05, 0.1) is 35.0 Å². The number of hydrogen-bond donors (Lipinski definition) is 5. The van der Waals surface area contributed by atoms with E-state index < -0.39 is 95.4 Å². The van der Waals surface area contributed by atoms with Crippen molar-refractivity contribution in [1.29, 1.82) is 0 Å². The van der Waals surface area contributed by atoms with Crippen molar-refractivity contribution in [1.82, 2.24) is 0 Å². The second-order valence-corrected chi connectivity index (χ2v) is 14.5. The fourth-order valence-electron chi connectivity index (χ4n) is 6.32. The molecule has 246 valence electrons. The lowest BCUT2D eigenvalue weighted by atomic mass is 9.72. The number of hydrogen-bond acceptors (Lipinski definition) is 15. The van der Waals surface area contributed by atoms with Crippen LogP contribution >= 0.6 is 23.5 Å². The Balaban J connectivity index is 1.38. The third kappa shape index (κ3) is 5.57. The number of aliphatic hydroxyl groups is 2. The average molecular weight is 676 g/mol. The van der Waals surface area contributed by atoms with E-state index in [1.54, 1.807) is 6.92 Å². The van der Waals surface area contributed by atoms with Gasteiger partial charge in [0.1, 0.15) is 27.4 Å². The number of benzene rings is 2. The maximum absolute atomic E-state index is 14.1. The zero-order valence-corrected chi connectivity index (χ0v) is 26.5. The van der Waals surface area contributed by atoms with Gasteiger partial charge in [-0.05, 0) is 19.9 Å². The smallest absolute Gasteiger partial charge is 0.332 e. The lowest BCUT2D eigenvalue weighted by Gasteiger charge is -2.42. The topological polar surface area (TPSA) is 212 Å². The molecule has 2 fully saturated rings. The van der Waals surface area contributed by atoms with E-state index in [0.717, 1.165) is 18.4 Å². The molecule has 0 saturated carbocycles. The highest BCUT2D eigenvalue weighted by Gasteiger charge is 2.49. The van der Waals surface area contributed by atoms with Gasteiger partial charge in [0, 0.05) is 53.5 Å². The minimum Gasteiger partial charge on any atom is -0.507 e. The van der Waals surface area contributed by atoms with Gasteiger partial charge >= 0.3 is 5.97 Å². The first kappa shape index (κ1) is 32.7. The number of phenols is 2. The zero-order chi connectivity index (χ0) is 33.1. The number of ether oxygens (including phenoxy) is 4. The van der Waals surface area contributed by atoms with Crippen LogP contribution < -0.4 is 10.5 Å². The normalized spacial score (nSPS) is 29.1. The van der Waals surface area contributed by atoms with Gasteiger partial charge < -0.3 is 45.1 Å². The van der Waals surface area contributed by atoms with E-state index in [4.69, 9.17) is 24.7 Å². The van der Waals surface area contributed by atoms with Crippen LogP contribution in [-0.2, 0) is 30.2 Å². The predicted molar refractivity (Wildman–Crippen MR) is 164 cm³/mol. The van der Waals surface area contributed by atoms with E-state index in [9.17, 15) is 39.6 Å². The lowest BCUT2D eigenvalue weighted by molar-refractivity contribution is -0.247. The fraction of sp³-hybridized carbons (Fsp3) is 0.484. The van der Waals surface area contributed by atoms with Crippen molar-refractivity contribution in [3.63, 3.8) is 0 Å². The highest BCUT2D eigenvalue weighted by atomic mass is 32.2. The Kier molecular flexibility index (Phi) is 8.86. The van der Waals surface area contributed by atoms with Crippen LogP contribution in [0.5, 0.6) is 17.2 Å². The Bertz CT molecular complexity index is 1610. The highest BCUT2D eigenvalue weighted by molar-refractivity contribution is 8.21. The number of phenolic OH excluding ortho intramolecular Hbond substituents is 2. The van der Waals surface area contributed by atoms with Crippen LogP contribution in [0.4, 0.5) is 0 Å². The molecule has 2 aliphatic carbocycles. The molecule has 4 unspecified atom stereocenters. The first-order chi connectivity index (χ1) is 21.8. The van der Waals surface area contributed by atoms with E-state index in [1.165, 1.54) is 41.7 Å². The molecule has 0 bridgehead atoms. The molecular formula is C31H33NO12S2. The summed E-state index contributed by atoms with van der Waals surface area (Å²) in [6.45, 7) is 2.23. The van der Waals surface area contributed by atoms with Gasteiger partial charge in [-0.25, -0.2) is 4.79 Å². The summed E-state index contributed by atoms with van der Waals surface area (Å²) in [5, 5.41) is 44.7. The van der Waals surface area contributed by atoms with Gasteiger partial charge in [-0.3, -0.25) is 14.4 Å². The van der Waals surface area contributed by atoms with Crippen molar-refractivity contribution in [2.45, 2.75) is 73.9 Å². The van der Waals surface area contributed by atoms with Crippen molar-refractivity contribution in [3.05, 3.63) is 51.6 Å². The molecule has 15 heteroatoms. The Morgan fingerprint density at radius 3 is 2.46 bits per heavy atom. The average Bonchev–Trinajstić information content (AvgIpc) is 3.55. The minimum absolute atomic E-state index is 0.0295. The van der Waals surface area contributed by atoms with Crippen LogP contribution in [0.2, 0.25) is 0 Å². The molecular weight excluding hydrogens is 642 g/mol. The van der Waals surface area contributed by atoms with Gasteiger partial charge in [-0.2, -0.15) is 0 Å².